The van der Waals surface area contributed by atoms with Crippen LogP contribution in [0.15, 0.2) is 47.4 Å². The number of rotatable bonds is 3. The second-order valence-electron chi connectivity index (χ2n) is 4.84. The highest BCUT2D eigenvalue weighted by atomic mass is 35.5. The number of carbonyl (C=O) groups is 1. The molecule has 2 aromatic carbocycles. The van der Waals surface area contributed by atoms with Crippen molar-refractivity contribution in [3.05, 3.63) is 58.6 Å². The van der Waals surface area contributed by atoms with Crippen molar-refractivity contribution in [2.75, 3.05) is 5.32 Å². The standard InChI is InChI=1S/C15H15ClN2O3S/c1-10-3-6-13(7-4-10)22(20,21)18-15(19)17-12-5-8-14(16)11(2)9-12/h3-9H,1-2H3,(H2,17,18,19). The first-order chi connectivity index (χ1) is 10.3. The van der Waals surface area contributed by atoms with Crippen LogP contribution < -0.4 is 10.0 Å². The lowest BCUT2D eigenvalue weighted by atomic mass is 10.2. The lowest BCUT2D eigenvalue weighted by Crippen LogP contribution is -2.34. The minimum atomic E-state index is -3.90. The second kappa shape index (κ2) is 6.37. The Kier molecular flexibility index (Phi) is 4.73. The number of halogens is 1. The molecule has 0 aliphatic carbocycles. The van der Waals surface area contributed by atoms with Gasteiger partial charge in [0.2, 0.25) is 0 Å². The summed E-state index contributed by atoms with van der Waals surface area (Å²) in [5, 5.41) is 3.03. The zero-order valence-electron chi connectivity index (χ0n) is 12.1. The van der Waals surface area contributed by atoms with Gasteiger partial charge < -0.3 is 5.32 Å². The van der Waals surface area contributed by atoms with Crippen LogP contribution in [-0.2, 0) is 10.0 Å². The van der Waals surface area contributed by atoms with E-state index in [4.69, 9.17) is 11.6 Å². The fraction of sp³-hybridized carbons (Fsp3) is 0.133. The van der Waals surface area contributed by atoms with Gasteiger partial charge >= 0.3 is 6.03 Å². The Labute approximate surface area is 134 Å². The Morgan fingerprint density at radius 2 is 1.68 bits per heavy atom. The predicted octanol–water partition coefficient (Wildman–Crippen LogP) is 3.47. The van der Waals surface area contributed by atoms with E-state index in [-0.39, 0.29) is 4.90 Å². The number of benzene rings is 2. The third-order valence-electron chi connectivity index (χ3n) is 2.97. The summed E-state index contributed by atoms with van der Waals surface area (Å²) in [6.45, 7) is 3.63. The first-order valence-corrected chi connectivity index (χ1v) is 8.31. The zero-order chi connectivity index (χ0) is 16.3. The maximum Gasteiger partial charge on any atom is 0.333 e. The van der Waals surface area contributed by atoms with Crippen molar-refractivity contribution >= 4 is 33.3 Å². The van der Waals surface area contributed by atoms with Crippen LogP contribution >= 0.6 is 11.6 Å². The van der Waals surface area contributed by atoms with Crippen molar-refractivity contribution in [1.82, 2.24) is 4.72 Å². The van der Waals surface area contributed by atoms with Crippen LogP contribution in [0, 0.1) is 13.8 Å². The van der Waals surface area contributed by atoms with Gasteiger partial charge in [0.1, 0.15) is 0 Å². The molecule has 2 rings (SSSR count). The number of urea groups is 1. The summed E-state index contributed by atoms with van der Waals surface area (Å²) in [6, 6.07) is 10.2. The van der Waals surface area contributed by atoms with Gasteiger partial charge in [-0.25, -0.2) is 17.9 Å². The molecule has 0 aliphatic heterocycles. The Balaban J connectivity index is 2.10. The second-order valence-corrected chi connectivity index (χ2v) is 6.93. The van der Waals surface area contributed by atoms with E-state index in [0.29, 0.717) is 10.7 Å². The molecule has 2 amide bonds. The van der Waals surface area contributed by atoms with Gasteiger partial charge in [-0.1, -0.05) is 29.3 Å². The number of hydrogen-bond donors (Lipinski definition) is 2. The van der Waals surface area contributed by atoms with Crippen LogP contribution in [0.3, 0.4) is 0 Å². The van der Waals surface area contributed by atoms with Gasteiger partial charge in [0.25, 0.3) is 10.0 Å². The van der Waals surface area contributed by atoms with Gasteiger partial charge in [-0.15, -0.1) is 0 Å². The van der Waals surface area contributed by atoms with Crippen molar-refractivity contribution < 1.29 is 13.2 Å². The molecule has 0 spiro atoms. The van der Waals surface area contributed by atoms with E-state index < -0.39 is 16.1 Å². The zero-order valence-corrected chi connectivity index (χ0v) is 13.6. The Bertz CT molecular complexity index is 802. The molecule has 0 heterocycles. The molecule has 0 radical (unpaired) electrons. The molecule has 0 aromatic heterocycles. The predicted molar refractivity (Wildman–Crippen MR) is 86.7 cm³/mol. The summed E-state index contributed by atoms with van der Waals surface area (Å²) in [6.07, 6.45) is 0. The first kappa shape index (κ1) is 16.3. The maximum atomic E-state index is 12.1. The molecule has 116 valence electrons. The van der Waals surface area contributed by atoms with Crippen molar-refractivity contribution in [2.45, 2.75) is 18.7 Å². The molecular formula is C15H15ClN2O3S. The van der Waals surface area contributed by atoms with Crippen molar-refractivity contribution in [3.63, 3.8) is 0 Å². The highest BCUT2D eigenvalue weighted by Crippen LogP contribution is 2.19. The van der Waals surface area contributed by atoms with Gasteiger partial charge in [-0.3, -0.25) is 0 Å². The normalized spacial score (nSPS) is 11.0. The molecule has 0 fully saturated rings. The van der Waals surface area contributed by atoms with E-state index in [0.717, 1.165) is 11.1 Å². The van der Waals surface area contributed by atoms with Gasteiger partial charge in [-0.05, 0) is 49.7 Å². The van der Waals surface area contributed by atoms with Crippen LogP contribution in [0.25, 0.3) is 0 Å². The number of nitrogens with one attached hydrogen (secondary N) is 2. The van der Waals surface area contributed by atoms with Gasteiger partial charge in [0, 0.05) is 10.7 Å². The van der Waals surface area contributed by atoms with Gasteiger partial charge in [0.05, 0.1) is 4.90 Å². The highest BCUT2D eigenvalue weighted by Gasteiger charge is 2.17. The van der Waals surface area contributed by atoms with E-state index in [1.54, 1.807) is 37.3 Å². The number of hydrogen-bond acceptors (Lipinski definition) is 3. The van der Waals surface area contributed by atoms with E-state index in [1.807, 2.05) is 11.6 Å². The number of aryl methyl sites for hydroxylation is 2. The lowest BCUT2D eigenvalue weighted by Gasteiger charge is -2.09. The van der Waals surface area contributed by atoms with Crippen molar-refractivity contribution in [3.8, 4) is 0 Å². The molecule has 0 saturated carbocycles. The molecule has 2 aromatic rings. The van der Waals surface area contributed by atoms with E-state index in [1.165, 1.54) is 12.1 Å². The topological polar surface area (TPSA) is 75.3 Å². The number of sulfonamides is 1. The molecule has 0 saturated heterocycles. The quantitative estimate of drug-likeness (QED) is 0.899. The van der Waals surface area contributed by atoms with Crippen LogP contribution in [0.2, 0.25) is 5.02 Å². The Morgan fingerprint density at radius 3 is 2.27 bits per heavy atom. The largest absolute Gasteiger partial charge is 0.333 e. The number of amides is 2. The van der Waals surface area contributed by atoms with Crippen LogP contribution in [0.1, 0.15) is 11.1 Å². The third kappa shape index (κ3) is 3.99. The number of carbonyl (C=O) groups excluding carboxylic acids is 1. The SMILES string of the molecule is Cc1ccc(S(=O)(=O)NC(=O)Nc2ccc(Cl)c(C)c2)cc1. The monoisotopic (exact) mass is 338 g/mol. The molecule has 0 atom stereocenters. The van der Waals surface area contributed by atoms with Gasteiger partial charge in [0.15, 0.2) is 0 Å². The number of anilines is 1. The van der Waals surface area contributed by atoms with Crippen LogP contribution in [-0.4, -0.2) is 14.4 Å². The van der Waals surface area contributed by atoms with Crippen LogP contribution in [0.5, 0.6) is 0 Å². The summed E-state index contributed by atoms with van der Waals surface area (Å²) in [4.78, 5) is 11.9. The van der Waals surface area contributed by atoms with E-state index in [9.17, 15) is 13.2 Å². The molecule has 0 unspecified atom stereocenters. The maximum absolute atomic E-state index is 12.1. The smallest absolute Gasteiger partial charge is 0.307 e. The van der Waals surface area contributed by atoms with Crippen LogP contribution in [0.4, 0.5) is 10.5 Å². The molecule has 0 aliphatic rings. The van der Waals surface area contributed by atoms with E-state index >= 15 is 0 Å². The fourth-order valence-corrected chi connectivity index (χ4v) is 2.80. The summed E-state index contributed by atoms with van der Waals surface area (Å²) < 4.78 is 26.1. The van der Waals surface area contributed by atoms with Crippen molar-refractivity contribution in [2.24, 2.45) is 0 Å². The lowest BCUT2D eigenvalue weighted by molar-refractivity contribution is 0.256. The average molecular weight is 339 g/mol. The van der Waals surface area contributed by atoms with Crippen molar-refractivity contribution in [1.29, 1.82) is 0 Å². The first-order valence-electron chi connectivity index (χ1n) is 6.44. The summed E-state index contributed by atoms with van der Waals surface area (Å²) in [5.41, 5.74) is 2.17. The minimum absolute atomic E-state index is 0.0283. The molecule has 22 heavy (non-hydrogen) atoms. The fourth-order valence-electron chi connectivity index (χ4n) is 1.78. The Hall–Kier alpha value is -2.05. The summed E-state index contributed by atoms with van der Waals surface area (Å²) in [7, 11) is -3.90. The summed E-state index contributed by atoms with van der Waals surface area (Å²) >= 11 is 5.89. The van der Waals surface area contributed by atoms with Gasteiger partial charge in [-0.2, -0.15) is 0 Å². The molecular weight excluding hydrogens is 324 g/mol. The molecule has 0 bridgehead atoms. The minimum Gasteiger partial charge on any atom is -0.307 e. The Morgan fingerprint density at radius 1 is 1.05 bits per heavy atom. The average Bonchev–Trinajstić information content (AvgIpc) is 2.42. The molecule has 5 nitrogen and oxygen atoms in total. The molecule has 7 heteroatoms. The third-order valence-corrected chi connectivity index (χ3v) is 4.75. The highest BCUT2D eigenvalue weighted by molar-refractivity contribution is 7.90. The molecule has 2 N–H and O–H groups in total. The summed E-state index contributed by atoms with van der Waals surface area (Å²) in [5.74, 6) is 0. The van der Waals surface area contributed by atoms with E-state index in [2.05, 4.69) is 5.32 Å².